The lowest BCUT2D eigenvalue weighted by molar-refractivity contribution is 0.966. The lowest BCUT2D eigenvalue weighted by atomic mass is 10.3. The molecular weight excluding hydrogens is 330 g/mol. The van der Waals surface area contributed by atoms with Crippen LogP contribution in [-0.4, -0.2) is 20.2 Å². The van der Waals surface area contributed by atoms with E-state index in [-0.39, 0.29) is 0 Å². The van der Waals surface area contributed by atoms with E-state index in [0.29, 0.717) is 22.6 Å². The minimum atomic E-state index is 0.483. The van der Waals surface area contributed by atoms with Gasteiger partial charge in [0.15, 0.2) is 17.5 Å². The van der Waals surface area contributed by atoms with Crippen molar-refractivity contribution in [3.05, 3.63) is 40.0 Å². The van der Waals surface area contributed by atoms with Gasteiger partial charge < -0.3 is 5.32 Å². The number of thiophene rings is 1. The zero-order valence-corrected chi connectivity index (χ0v) is 14.2. The Hall–Kier alpha value is -1.92. The Morgan fingerprint density at radius 3 is 3.00 bits per heavy atom. The fraction of sp³-hybridized carbons (Fsp3) is 0.312. The molecule has 0 atom stereocenters. The Labute approximate surface area is 143 Å². The molecular formula is C16H16ClN5S. The van der Waals surface area contributed by atoms with E-state index in [9.17, 15) is 0 Å². The van der Waals surface area contributed by atoms with Gasteiger partial charge in [-0.05, 0) is 31.4 Å². The molecule has 0 unspecified atom stereocenters. The lowest BCUT2D eigenvalue weighted by Gasteiger charge is -2.05. The van der Waals surface area contributed by atoms with Crippen LogP contribution in [0.4, 0.5) is 11.6 Å². The van der Waals surface area contributed by atoms with Crippen LogP contribution < -0.4 is 5.32 Å². The molecule has 0 bridgehead atoms. The minimum Gasteiger partial charge on any atom is -0.322 e. The van der Waals surface area contributed by atoms with E-state index in [2.05, 4.69) is 44.5 Å². The van der Waals surface area contributed by atoms with Crippen molar-refractivity contribution >= 4 is 34.6 Å². The van der Waals surface area contributed by atoms with Gasteiger partial charge in [-0.15, -0.1) is 11.3 Å². The molecule has 0 aliphatic heterocycles. The first kappa shape index (κ1) is 14.7. The van der Waals surface area contributed by atoms with Gasteiger partial charge in [-0.3, -0.25) is 5.10 Å². The second-order valence-electron chi connectivity index (χ2n) is 5.62. The number of nitrogens with zero attached hydrogens (tertiary/aromatic N) is 3. The molecule has 1 fully saturated rings. The van der Waals surface area contributed by atoms with Crippen LogP contribution >= 0.6 is 22.9 Å². The molecule has 3 aromatic rings. The SMILES string of the molecule is CCc1ccc(-c2ncc(Cl)c(Nc3cc(C4CC4)[nH]n3)n2)s1. The van der Waals surface area contributed by atoms with Crippen LogP contribution in [0.2, 0.25) is 5.02 Å². The normalized spacial score (nSPS) is 14.2. The molecule has 3 heterocycles. The van der Waals surface area contributed by atoms with E-state index in [1.165, 1.54) is 23.4 Å². The van der Waals surface area contributed by atoms with Gasteiger partial charge >= 0.3 is 0 Å². The van der Waals surface area contributed by atoms with Crippen molar-refractivity contribution in [2.45, 2.75) is 32.1 Å². The smallest absolute Gasteiger partial charge is 0.171 e. The molecule has 4 rings (SSSR count). The molecule has 118 valence electrons. The Morgan fingerprint density at radius 2 is 2.26 bits per heavy atom. The fourth-order valence-corrected chi connectivity index (χ4v) is 3.41. The Morgan fingerprint density at radius 1 is 1.39 bits per heavy atom. The summed E-state index contributed by atoms with van der Waals surface area (Å²) >= 11 is 7.93. The number of anilines is 2. The van der Waals surface area contributed by atoms with Gasteiger partial charge in [-0.1, -0.05) is 18.5 Å². The predicted molar refractivity (Wildman–Crippen MR) is 93.6 cm³/mol. The number of halogens is 1. The highest BCUT2D eigenvalue weighted by molar-refractivity contribution is 7.15. The molecule has 2 N–H and O–H groups in total. The third-order valence-corrected chi connectivity index (χ3v) is 5.34. The zero-order valence-electron chi connectivity index (χ0n) is 12.6. The number of hydrogen-bond acceptors (Lipinski definition) is 5. The fourth-order valence-electron chi connectivity index (χ4n) is 2.39. The lowest BCUT2D eigenvalue weighted by Crippen LogP contribution is -1.98. The Balaban J connectivity index is 1.60. The van der Waals surface area contributed by atoms with E-state index in [1.807, 2.05) is 6.07 Å². The van der Waals surface area contributed by atoms with Crippen molar-refractivity contribution in [2.75, 3.05) is 5.32 Å². The summed E-state index contributed by atoms with van der Waals surface area (Å²) < 4.78 is 0. The van der Waals surface area contributed by atoms with Crippen molar-refractivity contribution < 1.29 is 0 Å². The van der Waals surface area contributed by atoms with Crippen LogP contribution in [0, 0.1) is 0 Å². The number of nitrogens with one attached hydrogen (secondary N) is 2. The number of rotatable bonds is 5. The van der Waals surface area contributed by atoms with Crippen molar-refractivity contribution in [2.24, 2.45) is 0 Å². The summed E-state index contributed by atoms with van der Waals surface area (Å²) in [5.41, 5.74) is 1.17. The maximum Gasteiger partial charge on any atom is 0.171 e. The Kier molecular flexibility index (Phi) is 3.79. The number of hydrogen-bond donors (Lipinski definition) is 2. The third kappa shape index (κ3) is 3.09. The number of H-pyrrole nitrogens is 1. The first-order valence-electron chi connectivity index (χ1n) is 7.67. The quantitative estimate of drug-likeness (QED) is 0.699. The molecule has 1 saturated carbocycles. The standard InChI is InChI=1S/C16H16ClN5S/c1-2-10-5-6-13(23-10)16-18-8-11(17)15(20-16)19-14-7-12(21-22-14)9-3-4-9/h5-9H,2-4H2,1H3,(H2,18,19,20,21,22). The highest BCUT2D eigenvalue weighted by atomic mass is 35.5. The van der Waals surface area contributed by atoms with Crippen LogP contribution in [0.5, 0.6) is 0 Å². The largest absolute Gasteiger partial charge is 0.322 e. The summed E-state index contributed by atoms with van der Waals surface area (Å²) in [4.78, 5) is 11.3. The molecule has 3 aromatic heterocycles. The van der Waals surface area contributed by atoms with E-state index in [1.54, 1.807) is 17.5 Å². The van der Waals surface area contributed by atoms with Crippen molar-refractivity contribution in [3.63, 3.8) is 0 Å². The van der Waals surface area contributed by atoms with E-state index in [0.717, 1.165) is 17.1 Å². The van der Waals surface area contributed by atoms with Crippen LogP contribution in [-0.2, 0) is 6.42 Å². The number of aromatic amines is 1. The van der Waals surface area contributed by atoms with Gasteiger partial charge in [-0.25, -0.2) is 9.97 Å². The highest BCUT2D eigenvalue weighted by Crippen LogP contribution is 2.40. The molecule has 0 aromatic carbocycles. The van der Waals surface area contributed by atoms with Crippen LogP contribution in [0.15, 0.2) is 24.4 Å². The van der Waals surface area contributed by atoms with E-state index in [4.69, 9.17) is 11.6 Å². The average Bonchev–Trinajstić information content (AvgIpc) is 3.11. The van der Waals surface area contributed by atoms with E-state index >= 15 is 0 Å². The number of aryl methyl sites for hydroxylation is 1. The maximum atomic E-state index is 6.23. The maximum absolute atomic E-state index is 6.23. The van der Waals surface area contributed by atoms with E-state index < -0.39 is 0 Å². The molecule has 5 nitrogen and oxygen atoms in total. The third-order valence-electron chi connectivity index (χ3n) is 3.84. The van der Waals surface area contributed by atoms with Crippen molar-refractivity contribution in [1.29, 1.82) is 0 Å². The molecule has 0 radical (unpaired) electrons. The summed E-state index contributed by atoms with van der Waals surface area (Å²) in [6, 6.07) is 6.19. The van der Waals surface area contributed by atoms with Crippen LogP contribution in [0.1, 0.15) is 36.3 Å². The molecule has 7 heteroatoms. The summed E-state index contributed by atoms with van der Waals surface area (Å²) in [6.45, 7) is 2.14. The number of aromatic nitrogens is 4. The second kappa shape index (κ2) is 5.94. The first-order chi connectivity index (χ1) is 11.2. The first-order valence-corrected chi connectivity index (χ1v) is 8.86. The zero-order chi connectivity index (χ0) is 15.8. The molecule has 0 saturated heterocycles. The summed E-state index contributed by atoms with van der Waals surface area (Å²) in [5.74, 6) is 2.63. The molecule has 0 amide bonds. The second-order valence-corrected chi connectivity index (χ2v) is 7.19. The molecule has 1 aliphatic rings. The van der Waals surface area contributed by atoms with Crippen molar-refractivity contribution in [3.8, 4) is 10.7 Å². The van der Waals surface area contributed by atoms with Gasteiger partial charge in [-0.2, -0.15) is 5.10 Å². The van der Waals surface area contributed by atoms with Gasteiger partial charge in [0.2, 0.25) is 0 Å². The van der Waals surface area contributed by atoms with Gasteiger partial charge in [0.05, 0.1) is 11.1 Å². The minimum absolute atomic E-state index is 0.483. The Bertz CT molecular complexity index is 837. The summed E-state index contributed by atoms with van der Waals surface area (Å²) in [5, 5.41) is 11.0. The monoisotopic (exact) mass is 345 g/mol. The molecule has 1 aliphatic carbocycles. The summed E-state index contributed by atoms with van der Waals surface area (Å²) in [7, 11) is 0. The van der Waals surface area contributed by atoms with Crippen LogP contribution in [0.3, 0.4) is 0 Å². The van der Waals surface area contributed by atoms with Crippen LogP contribution in [0.25, 0.3) is 10.7 Å². The van der Waals surface area contributed by atoms with Gasteiger partial charge in [0, 0.05) is 22.6 Å². The highest BCUT2D eigenvalue weighted by Gasteiger charge is 2.25. The van der Waals surface area contributed by atoms with Gasteiger partial charge in [0.25, 0.3) is 0 Å². The summed E-state index contributed by atoms with van der Waals surface area (Å²) in [6.07, 6.45) is 5.11. The topological polar surface area (TPSA) is 66.5 Å². The predicted octanol–water partition coefficient (Wildman–Crippen LogP) is 4.77. The molecule has 0 spiro atoms. The average molecular weight is 346 g/mol. The molecule has 23 heavy (non-hydrogen) atoms. The van der Waals surface area contributed by atoms with Gasteiger partial charge in [0.1, 0.15) is 5.02 Å². The van der Waals surface area contributed by atoms with Crippen molar-refractivity contribution in [1.82, 2.24) is 20.2 Å².